The number of pyridine rings is 1. The lowest BCUT2D eigenvalue weighted by molar-refractivity contribution is 0.0918. The molecule has 2 rings (SSSR count). The summed E-state index contributed by atoms with van der Waals surface area (Å²) < 4.78 is 14.7. The van der Waals surface area contributed by atoms with Gasteiger partial charge in [-0.1, -0.05) is 19.1 Å². The van der Waals surface area contributed by atoms with Gasteiger partial charge in [-0.05, 0) is 12.0 Å². The molecule has 0 spiro atoms. The second kappa shape index (κ2) is 6.23. The lowest BCUT2D eigenvalue weighted by Gasteiger charge is -2.22. The van der Waals surface area contributed by atoms with Crippen LogP contribution in [-0.4, -0.2) is 31.9 Å². The van der Waals surface area contributed by atoms with E-state index in [1.807, 2.05) is 13.8 Å². The largest absolute Gasteiger partial charge is 0.347 e. The zero-order valence-corrected chi connectivity index (χ0v) is 11.3. The Labute approximate surface area is 116 Å². The average molecular weight is 277 g/mol. The van der Waals surface area contributed by atoms with Gasteiger partial charge in [0.1, 0.15) is 5.82 Å². The van der Waals surface area contributed by atoms with Crippen molar-refractivity contribution in [1.29, 1.82) is 0 Å². The van der Waals surface area contributed by atoms with Crippen LogP contribution in [0.5, 0.6) is 0 Å². The van der Waals surface area contributed by atoms with E-state index in [1.165, 1.54) is 6.20 Å². The maximum atomic E-state index is 13.1. The van der Waals surface area contributed by atoms with Gasteiger partial charge in [-0.2, -0.15) is 0 Å². The molecule has 0 bridgehead atoms. The van der Waals surface area contributed by atoms with Crippen molar-refractivity contribution in [3.05, 3.63) is 42.2 Å². The third-order valence-electron chi connectivity index (χ3n) is 2.94. The number of carbonyl (C=O) groups is 1. The van der Waals surface area contributed by atoms with E-state index < -0.39 is 5.82 Å². The van der Waals surface area contributed by atoms with Crippen LogP contribution in [0, 0.1) is 11.7 Å². The van der Waals surface area contributed by atoms with Crippen LogP contribution in [0.1, 0.15) is 24.2 Å². The summed E-state index contributed by atoms with van der Waals surface area (Å²) in [5.41, 5.74) is 0.203. The van der Waals surface area contributed by atoms with Crippen LogP contribution in [0.15, 0.2) is 30.9 Å². The molecule has 0 saturated heterocycles. The molecule has 1 atom stereocenters. The second-order valence-electron chi connectivity index (χ2n) is 4.84. The Bertz CT molecular complexity index is 570. The normalized spacial score (nSPS) is 12.4. The van der Waals surface area contributed by atoms with Crippen molar-refractivity contribution < 1.29 is 9.18 Å². The number of nitrogens with one attached hydrogen (secondary N) is 1. The highest BCUT2D eigenvalue weighted by Gasteiger charge is 2.18. The first kappa shape index (κ1) is 14.1. The third-order valence-corrected chi connectivity index (χ3v) is 2.94. The average Bonchev–Trinajstić information content (AvgIpc) is 2.90. The molecule has 1 N–H and O–H groups in total. The molecule has 1 amide bonds. The van der Waals surface area contributed by atoms with Gasteiger partial charge in [-0.25, -0.2) is 4.39 Å². The topological polar surface area (TPSA) is 72.7 Å². The molecule has 0 aliphatic heterocycles. The van der Waals surface area contributed by atoms with E-state index in [4.69, 9.17) is 0 Å². The Hall–Kier alpha value is -2.31. The molecule has 106 valence electrons. The van der Waals surface area contributed by atoms with Crippen LogP contribution in [0.2, 0.25) is 0 Å². The van der Waals surface area contributed by atoms with Crippen LogP contribution < -0.4 is 5.32 Å². The summed E-state index contributed by atoms with van der Waals surface area (Å²) in [5.74, 6) is -0.685. The molecule has 2 aromatic rings. The number of hydrogen-bond donors (Lipinski definition) is 1. The lowest BCUT2D eigenvalue weighted by Crippen LogP contribution is -2.41. The van der Waals surface area contributed by atoms with Crippen molar-refractivity contribution in [1.82, 2.24) is 25.3 Å². The summed E-state index contributed by atoms with van der Waals surface area (Å²) in [5, 5.41) is 10.5. The SMILES string of the molecule is CC(C)C(Cn1ccnn1)NC(=O)c1cncc(F)c1. The van der Waals surface area contributed by atoms with Crippen LogP contribution in [0.3, 0.4) is 0 Å². The molecule has 0 saturated carbocycles. The first-order valence-corrected chi connectivity index (χ1v) is 6.32. The predicted molar refractivity (Wildman–Crippen MR) is 70.3 cm³/mol. The predicted octanol–water partition coefficient (Wildman–Crippen LogP) is 1.27. The number of nitrogens with zero attached hydrogens (tertiary/aromatic N) is 4. The van der Waals surface area contributed by atoms with E-state index in [2.05, 4.69) is 20.6 Å². The molecule has 0 radical (unpaired) electrons. The maximum absolute atomic E-state index is 13.1. The van der Waals surface area contributed by atoms with Crippen molar-refractivity contribution in [2.45, 2.75) is 26.4 Å². The Morgan fingerprint density at radius 3 is 2.85 bits per heavy atom. The van der Waals surface area contributed by atoms with Crippen molar-refractivity contribution in [3.8, 4) is 0 Å². The number of rotatable bonds is 5. The highest BCUT2D eigenvalue weighted by Crippen LogP contribution is 2.07. The van der Waals surface area contributed by atoms with Gasteiger partial charge in [-0.15, -0.1) is 5.10 Å². The van der Waals surface area contributed by atoms with Gasteiger partial charge >= 0.3 is 0 Å². The summed E-state index contributed by atoms with van der Waals surface area (Å²) in [7, 11) is 0. The summed E-state index contributed by atoms with van der Waals surface area (Å²) in [4.78, 5) is 15.7. The van der Waals surface area contributed by atoms with E-state index >= 15 is 0 Å². The molecule has 20 heavy (non-hydrogen) atoms. The first-order valence-electron chi connectivity index (χ1n) is 6.32. The summed E-state index contributed by atoms with van der Waals surface area (Å²) in [6, 6.07) is 1.03. The van der Waals surface area contributed by atoms with E-state index in [0.717, 1.165) is 12.3 Å². The first-order chi connectivity index (χ1) is 9.56. The van der Waals surface area contributed by atoms with E-state index in [1.54, 1.807) is 17.1 Å². The molecule has 0 aliphatic carbocycles. The third kappa shape index (κ3) is 3.59. The van der Waals surface area contributed by atoms with E-state index in [9.17, 15) is 9.18 Å². The zero-order valence-electron chi connectivity index (χ0n) is 11.3. The second-order valence-corrected chi connectivity index (χ2v) is 4.84. The van der Waals surface area contributed by atoms with E-state index in [0.29, 0.717) is 6.54 Å². The van der Waals surface area contributed by atoms with Crippen molar-refractivity contribution in [2.75, 3.05) is 0 Å². The summed E-state index contributed by atoms with van der Waals surface area (Å²) in [6.07, 6.45) is 5.71. The van der Waals surface area contributed by atoms with Gasteiger partial charge < -0.3 is 5.32 Å². The molecule has 2 heterocycles. The van der Waals surface area contributed by atoms with Gasteiger partial charge in [0.15, 0.2) is 0 Å². The number of carbonyl (C=O) groups excluding carboxylic acids is 1. The number of aromatic nitrogens is 4. The van der Waals surface area contributed by atoms with Gasteiger partial charge in [0.2, 0.25) is 0 Å². The fourth-order valence-electron chi connectivity index (χ4n) is 1.74. The molecule has 2 aromatic heterocycles. The quantitative estimate of drug-likeness (QED) is 0.893. The summed E-state index contributed by atoms with van der Waals surface area (Å²) in [6.45, 7) is 4.49. The number of halogens is 1. The molecule has 6 nitrogen and oxygen atoms in total. The van der Waals surface area contributed by atoms with Crippen LogP contribution in [0.25, 0.3) is 0 Å². The molecule has 0 aromatic carbocycles. The van der Waals surface area contributed by atoms with Crippen LogP contribution in [0.4, 0.5) is 4.39 Å². The van der Waals surface area contributed by atoms with Crippen LogP contribution in [-0.2, 0) is 6.54 Å². The fraction of sp³-hybridized carbons (Fsp3) is 0.385. The Kier molecular flexibility index (Phi) is 4.39. The minimum Gasteiger partial charge on any atom is -0.347 e. The minimum absolute atomic E-state index is 0.132. The lowest BCUT2D eigenvalue weighted by atomic mass is 10.0. The standard InChI is InChI=1S/C13H16FN5O/c1-9(2)12(8-19-4-3-16-18-19)17-13(20)10-5-11(14)7-15-6-10/h3-7,9,12H,8H2,1-2H3,(H,17,20). The molecule has 1 unspecified atom stereocenters. The highest BCUT2D eigenvalue weighted by molar-refractivity contribution is 5.94. The Morgan fingerprint density at radius 1 is 1.45 bits per heavy atom. The van der Waals surface area contributed by atoms with Crippen LogP contribution >= 0.6 is 0 Å². The zero-order chi connectivity index (χ0) is 14.5. The number of amides is 1. The van der Waals surface area contributed by atoms with Crippen molar-refractivity contribution in [2.24, 2.45) is 5.92 Å². The van der Waals surface area contributed by atoms with Crippen molar-refractivity contribution in [3.63, 3.8) is 0 Å². The fourth-order valence-corrected chi connectivity index (χ4v) is 1.74. The molecular formula is C13H16FN5O. The van der Waals surface area contributed by atoms with Gasteiger partial charge in [0.05, 0.1) is 30.5 Å². The number of hydrogen-bond acceptors (Lipinski definition) is 4. The van der Waals surface area contributed by atoms with Crippen molar-refractivity contribution >= 4 is 5.91 Å². The molecule has 7 heteroatoms. The molecule has 0 aliphatic rings. The maximum Gasteiger partial charge on any atom is 0.253 e. The van der Waals surface area contributed by atoms with Gasteiger partial charge in [0.25, 0.3) is 5.91 Å². The minimum atomic E-state index is -0.532. The molecular weight excluding hydrogens is 261 g/mol. The Balaban J connectivity index is 2.06. The molecule has 0 fully saturated rings. The van der Waals surface area contributed by atoms with Gasteiger partial charge in [0, 0.05) is 12.4 Å². The highest BCUT2D eigenvalue weighted by atomic mass is 19.1. The monoisotopic (exact) mass is 277 g/mol. The smallest absolute Gasteiger partial charge is 0.253 e. The Morgan fingerprint density at radius 2 is 2.25 bits per heavy atom. The van der Waals surface area contributed by atoms with Gasteiger partial charge in [-0.3, -0.25) is 14.5 Å². The summed E-state index contributed by atoms with van der Waals surface area (Å²) >= 11 is 0. The van der Waals surface area contributed by atoms with E-state index in [-0.39, 0.29) is 23.4 Å².